The van der Waals surface area contributed by atoms with E-state index in [1.165, 1.54) is 0 Å². The zero-order valence-electron chi connectivity index (χ0n) is 20.9. The highest BCUT2D eigenvalue weighted by Gasteiger charge is 2.05. The van der Waals surface area contributed by atoms with E-state index in [4.69, 9.17) is 18.9 Å². The number of rotatable bonds is 13. The van der Waals surface area contributed by atoms with Crippen LogP contribution in [0.15, 0.2) is 72.8 Å². The van der Waals surface area contributed by atoms with Crippen LogP contribution in [0.1, 0.15) is 37.2 Å². The SMILES string of the molecule is CC(O)c1ccc2cc(OCCOCCOCCOc3ccc4cc(C(C)O)ccc4c3)ccc2c1. The predicted molar refractivity (Wildman–Crippen MR) is 142 cm³/mol. The molecule has 6 nitrogen and oxygen atoms in total. The van der Waals surface area contributed by atoms with E-state index in [2.05, 4.69) is 0 Å². The number of benzene rings is 4. The Morgan fingerprint density at radius 2 is 0.861 bits per heavy atom. The Morgan fingerprint density at radius 3 is 1.28 bits per heavy atom. The van der Waals surface area contributed by atoms with Crippen molar-refractivity contribution in [3.05, 3.63) is 83.9 Å². The summed E-state index contributed by atoms with van der Waals surface area (Å²) < 4.78 is 22.7. The quantitative estimate of drug-likeness (QED) is 0.238. The van der Waals surface area contributed by atoms with Gasteiger partial charge in [0.1, 0.15) is 24.7 Å². The molecule has 0 saturated heterocycles. The third-order valence-corrected chi connectivity index (χ3v) is 6.00. The fourth-order valence-corrected chi connectivity index (χ4v) is 3.94. The average Bonchev–Trinajstić information content (AvgIpc) is 2.88. The van der Waals surface area contributed by atoms with E-state index in [1.54, 1.807) is 13.8 Å². The van der Waals surface area contributed by atoms with Gasteiger partial charge < -0.3 is 29.2 Å². The molecule has 2 N–H and O–H groups in total. The molecule has 0 spiro atoms. The fourth-order valence-electron chi connectivity index (χ4n) is 3.94. The number of aliphatic hydroxyl groups excluding tert-OH is 2. The lowest BCUT2D eigenvalue weighted by molar-refractivity contribution is 0.0274. The van der Waals surface area contributed by atoms with E-state index in [9.17, 15) is 10.2 Å². The topological polar surface area (TPSA) is 77.4 Å². The third-order valence-electron chi connectivity index (χ3n) is 6.00. The van der Waals surface area contributed by atoms with Crippen molar-refractivity contribution in [2.24, 2.45) is 0 Å². The van der Waals surface area contributed by atoms with Crippen molar-refractivity contribution in [2.75, 3.05) is 39.6 Å². The van der Waals surface area contributed by atoms with Crippen LogP contribution >= 0.6 is 0 Å². The molecule has 0 saturated carbocycles. The largest absolute Gasteiger partial charge is 0.491 e. The lowest BCUT2D eigenvalue weighted by Gasteiger charge is -2.11. The second kappa shape index (κ2) is 12.7. The molecule has 4 aromatic carbocycles. The Bertz CT molecular complexity index is 1170. The Kier molecular flexibility index (Phi) is 9.14. The summed E-state index contributed by atoms with van der Waals surface area (Å²) in [4.78, 5) is 0. The maximum absolute atomic E-state index is 9.72. The molecule has 0 aliphatic carbocycles. The first-order valence-corrected chi connectivity index (χ1v) is 12.3. The smallest absolute Gasteiger partial charge is 0.120 e. The standard InChI is InChI=1S/C30H34O6/c1-21(31)23-3-5-27-19-29(9-7-25(27)17-23)35-15-13-33-11-12-34-14-16-36-30-10-8-26-18-24(22(2)32)4-6-28(26)20-30/h3-10,17-22,31-32H,11-16H2,1-2H3. The van der Waals surface area contributed by atoms with Gasteiger partial charge in [-0.2, -0.15) is 0 Å². The summed E-state index contributed by atoms with van der Waals surface area (Å²) in [6.45, 7) is 6.38. The van der Waals surface area contributed by atoms with Crippen molar-refractivity contribution in [3.8, 4) is 11.5 Å². The van der Waals surface area contributed by atoms with Crippen LogP contribution in [0.25, 0.3) is 21.5 Å². The molecule has 0 amide bonds. The lowest BCUT2D eigenvalue weighted by Crippen LogP contribution is -2.13. The second-order valence-corrected chi connectivity index (χ2v) is 8.81. The minimum atomic E-state index is -0.477. The summed E-state index contributed by atoms with van der Waals surface area (Å²) in [5.74, 6) is 1.59. The first kappa shape index (κ1) is 25.9. The van der Waals surface area contributed by atoms with Gasteiger partial charge in [-0.25, -0.2) is 0 Å². The maximum Gasteiger partial charge on any atom is 0.120 e. The van der Waals surface area contributed by atoms with Gasteiger partial charge in [-0.1, -0.05) is 36.4 Å². The van der Waals surface area contributed by atoms with Crippen LogP contribution in [0.3, 0.4) is 0 Å². The monoisotopic (exact) mass is 490 g/mol. The third kappa shape index (κ3) is 7.18. The highest BCUT2D eigenvalue weighted by Crippen LogP contribution is 2.25. The van der Waals surface area contributed by atoms with Crippen LogP contribution in [0.2, 0.25) is 0 Å². The molecular weight excluding hydrogens is 456 g/mol. The summed E-state index contributed by atoms with van der Waals surface area (Å²) in [5, 5.41) is 23.7. The highest BCUT2D eigenvalue weighted by atomic mass is 16.6. The van der Waals surface area contributed by atoms with Crippen LogP contribution in [0, 0.1) is 0 Å². The van der Waals surface area contributed by atoms with Gasteiger partial charge in [-0.15, -0.1) is 0 Å². The second-order valence-electron chi connectivity index (χ2n) is 8.81. The van der Waals surface area contributed by atoms with Crippen LogP contribution < -0.4 is 9.47 Å². The number of hydrogen-bond acceptors (Lipinski definition) is 6. The van der Waals surface area contributed by atoms with Crippen LogP contribution in [0.5, 0.6) is 11.5 Å². The van der Waals surface area contributed by atoms with Crippen LogP contribution in [-0.4, -0.2) is 49.9 Å². The number of fused-ring (bicyclic) bond motifs is 2. The van der Waals surface area contributed by atoms with Gasteiger partial charge >= 0.3 is 0 Å². The zero-order chi connectivity index (χ0) is 25.3. The molecule has 0 aliphatic heterocycles. The number of aliphatic hydroxyl groups is 2. The first-order chi connectivity index (χ1) is 17.5. The summed E-state index contributed by atoms with van der Waals surface area (Å²) >= 11 is 0. The van der Waals surface area contributed by atoms with Crippen molar-refractivity contribution in [3.63, 3.8) is 0 Å². The van der Waals surface area contributed by atoms with Gasteiger partial charge in [0.25, 0.3) is 0 Å². The molecule has 4 rings (SSSR count). The van der Waals surface area contributed by atoms with Crippen molar-refractivity contribution in [1.82, 2.24) is 0 Å². The van der Waals surface area contributed by atoms with Crippen molar-refractivity contribution >= 4 is 21.5 Å². The molecule has 0 aliphatic rings. The molecule has 2 unspecified atom stereocenters. The molecule has 0 fully saturated rings. The van der Waals surface area contributed by atoms with Gasteiger partial charge in [0.15, 0.2) is 0 Å². The van der Waals surface area contributed by atoms with E-state index in [1.807, 2.05) is 72.8 Å². The molecule has 36 heavy (non-hydrogen) atoms. The number of hydrogen-bond donors (Lipinski definition) is 2. The number of ether oxygens (including phenoxy) is 4. The van der Waals surface area contributed by atoms with E-state index < -0.39 is 12.2 Å². The summed E-state index contributed by atoms with van der Waals surface area (Å²) in [6.07, 6.45) is -0.954. The average molecular weight is 491 g/mol. The van der Waals surface area contributed by atoms with Gasteiger partial charge in [0.2, 0.25) is 0 Å². The summed E-state index contributed by atoms with van der Waals surface area (Å²) in [6, 6.07) is 23.7. The predicted octanol–water partition coefficient (Wildman–Crippen LogP) is 5.59. The molecule has 190 valence electrons. The van der Waals surface area contributed by atoms with Crippen molar-refractivity contribution in [2.45, 2.75) is 26.1 Å². The van der Waals surface area contributed by atoms with Crippen molar-refractivity contribution in [1.29, 1.82) is 0 Å². The van der Waals surface area contributed by atoms with E-state index in [0.717, 1.165) is 44.2 Å². The Labute approximate surface area is 212 Å². The Morgan fingerprint density at radius 1 is 0.500 bits per heavy atom. The lowest BCUT2D eigenvalue weighted by atomic mass is 10.0. The molecular formula is C30H34O6. The molecule has 4 aromatic rings. The molecule has 0 heterocycles. The fraction of sp³-hybridized carbons (Fsp3) is 0.333. The van der Waals surface area contributed by atoms with E-state index in [0.29, 0.717) is 39.6 Å². The zero-order valence-corrected chi connectivity index (χ0v) is 20.9. The van der Waals surface area contributed by atoms with Crippen LogP contribution in [-0.2, 0) is 9.47 Å². The van der Waals surface area contributed by atoms with Gasteiger partial charge in [0, 0.05) is 0 Å². The minimum absolute atomic E-state index is 0.459. The van der Waals surface area contributed by atoms with Gasteiger partial charge in [0.05, 0.1) is 38.6 Å². The van der Waals surface area contributed by atoms with E-state index in [-0.39, 0.29) is 0 Å². The summed E-state index contributed by atoms with van der Waals surface area (Å²) in [7, 11) is 0. The van der Waals surface area contributed by atoms with Crippen LogP contribution in [0.4, 0.5) is 0 Å². The van der Waals surface area contributed by atoms with E-state index >= 15 is 0 Å². The molecule has 6 heteroatoms. The Hall–Kier alpha value is -3.16. The maximum atomic E-state index is 9.72. The van der Waals surface area contributed by atoms with Gasteiger partial charge in [-0.3, -0.25) is 0 Å². The Balaban J connectivity index is 1.07. The molecule has 0 aromatic heterocycles. The molecule has 0 bridgehead atoms. The normalized spacial score (nSPS) is 13.1. The minimum Gasteiger partial charge on any atom is -0.491 e. The highest BCUT2D eigenvalue weighted by molar-refractivity contribution is 5.85. The molecule has 2 atom stereocenters. The summed E-state index contributed by atoms with van der Waals surface area (Å²) in [5.41, 5.74) is 1.81. The van der Waals surface area contributed by atoms with Gasteiger partial charge in [-0.05, 0) is 82.9 Å². The molecule has 0 radical (unpaired) electrons. The first-order valence-electron chi connectivity index (χ1n) is 12.3. The van der Waals surface area contributed by atoms with Crippen molar-refractivity contribution < 1.29 is 29.2 Å².